The number of aromatic nitrogens is 3. The van der Waals surface area contributed by atoms with E-state index in [4.69, 9.17) is 0 Å². The second kappa shape index (κ2) is 9.03. The Morgan fingerprint density at radius 1 is 1.04 bits per heavy atom. The Bertz CT molecular complexity index is 789. The third-order valence-electron chi connectivity index (χ3n) is 3.69. The van der Waals surface area contributed by atoms with Crippen LogP contribution in [0.15, 0.2) is 72.1 Å². The smallest absolute Gasteiger partial charge is 0.230 e. The van der Waals surface area contributed by atoms with Gasteiger partial charge in [-0.2, -0.15) is 0 Å². The summed E-state index contributed by atoms with van der Waals surface area (Å²) in [5.41, 5.74) is 2.28. The number of hydrogen-bond donors (Lipinski definition) is 1. The van der Waals surface area contributed by atoms with E-state index in [1.54, 1.807) is 6.33 Å². The van der Waals surface area contributed by atoms with E-state index >= 15 is 0 Å². The first-order valence-corrected chi connectivity index (χ1v) is 9.20. The summed E-state index contributed by atoms with van der Waals surface area (Å²) >= 11 is 1.39. The average molecular weight is 352 g/mol. The van der Waals surface area contributed by atoms with Crippen molar-refractivity contribution in [2.24, 2.45) is 0 Å². The van der Waals surface area contributed by atoms with Crippen LogP contribution in [0.3, 0.4) is 0 Å². The molecule has 0 aliphatic carbocycles. The highest BCUT2D eigenvalue weighted by Gasteiger charge is 2.09. The van der Waals surface area contributed by atoms with Gasteiger partial charge in [0, 0.05) is 12.2 Å². The van der Waals surface area contributed by atoms with Gasteiger partial charge < -0.3 is 5.32 Å². The van der Waals surface area contributed by atoms with Gasteiger partial charge in [-0.15, -0.1) is 10.2 Å². The van der Waals surface area contributed by atoms with Crippen molar-refractivity contribution < 1.29 is 4.79 Å². The van der Waals surface area contributed by atoms with Gasteiger partial charge in [-0.25, -0.2) is 0 Å². The van der Waals surface area contributed by atoms with Crippen molar-refractivity contribution in [1.82, 2.24) is 20.1 Å². The summed E-state index contributed by atoms with van der Waals surface area (Å²) in [5, 5.41) is 11.7. The molecule has 0 aliphatic rings. The highest BCUT2D eigenvalue weighted by atomic mass is 32.2. The van der Waals surface area contributed by atoms with Gasteiger partial charge in [0.2, 0.25) is 5.91 Å². The van der Waals surface area contributed by atoms with Crippen LogP contribution in [-0.2, 0) is 11.2 Å². The van der Waals surface area contributed by atoms with Gasteiger partial charge in [-0.05, 0) is 30.5 Å². The fraction of sp³-hybridized carbons (Fsp3) is 0.211. The monoisotopic (exact) mass is 352 g/mol. The number of benzene rings is 2. The van der Waals surface area contributed by atoms with Crippen LogP contribution in [0.5, 0.6) is 0 Å². The Labute approximate surface area is 151 Å². The fourth-order valence-electron chi connectivity index (χ4n) is 2.43. The molecule has 0 fully saturated rings. The Morgan fingerprint density at radius 3 is 2.52 bits per heavy atom. The molecule has 128 valence electrons. The Kier molecular flexibility index (Phi) is 6.23. The van der Waals surface area contributed by atoms with Gasteiger partial charge in [-0.3, -0.25) is 9.36 Å². The molecule has 0 saturated heterocycles. The van der Waals surface area contributed by atoms with Gasteiger partial charge in [0.05, 0.1) is 5.75 Å². The summed E-state index contributed by atoms with van der Waals surface area (Å²) in [6.45, 7) is 0.680. The Hall–Kier alpha value is -2.60. The summed E-state index contributed by atoms with van der Waals surface area (Å²) in [7, 11) is 0. The van der Waals surface area contributed by atoms with Crippen LogP contribution in [0.25, 0.3) is 5.69 Å². The van der Waals surface area contributed by atoms with E-state index in [-0.39, 0.29) is 5.91 Å². The first-order valence-electron chi connectivity index (χ1n) is 8.22. The maximum Gasteiger partial charge on any atom is 0.230 e. The lowest BCUT2D eigenvalue weighted by Gasteiger charge is -2.07. The fourth-order valence-corrected chi connectivity index (χ4v) is 3.19. The summed E-state index contributed by atoms with van der Waals surface area (Å²) < 4.78 is 1.88. The molecular formula is C19H20N4OS. The Balaban J connectivity index is 1.42. The topological polar surface area (TPSA) is 59.8 Å². The van der Waals surface area contributed by atoms with E-state index in [9.17, 15) is 4.79 Å². The number of hydrogen-bond acceptors (Lipinski definition) is 4. The van der Waals surface area contributed by atoms with E-state index < -0.39 is 0 Å². The van der Waals surface area contributed by atoms with Crippen molar-refractivity contribution in [3.63, 3.8) is 0 Å². The second-order valence-corrected chi connectivity index (χ2v) is 6.49. The third-order valence-corrected chi connectivity index (χ3v) is 4.63. The molecule has 0 bridgehead atoms. The Morgan fingerprint density at radius 2 is 1.76 bits per heavy atom. The van der Waals surface area contributed by atoms with Crippen molar-refractivity contribution in [2.75, 3.05) is 12.3 Å². The quantitative estimate of drug-likeness (QED) is 0.500. The largest absolute Gasteiger partial charge is 0.355 e. The normalized spacial score (nSPS) is 10.6. The molecule has 1 N–H and O–H groups in total. The molecule has 5 nitrogen and oxygen atoms in total. The molecule has 0 spiro atoms. The molecule has 6 heteroatoms. The number of nitrogens with one attached hydrogen (secondary N) is 1. The van der Waals surface area contributed by atoms with E-state index in [0.29, 0.717) is 17.5 Å². The van der Waals surface area contributed by atoms with Gasteiger partial charge in [0.25, 0.3) is 0 Å². The molecule has 3 aromatic rings. The molecule has 0 unspecified atom stereocenters. The van der Waals surface area contributed by atoms with Crippen LogP contribution in [0.2, 0.25) is 0 Å². The van der Waals surface area contributed by atoms with Crippen molar-refractivity contribution in [3.8, 4) is 5.69 Å². The van der Waals surface area contributed by atoms with Crippen molar-refractivity contribution in [1.29, 1.82) is 0 Å². The molecular weight excluding hydrogens is 332 g/mol. The molecule has 1 amide bonds. The zero-order valence-electron chi connectivity index (χ0n) is 13.8. The SMILES string of the molecule is O=C(CSc1nncn1-c1ccccc1)NCCCc1ccccc1. The molecule has 3 rings (SSSR count). The minimum absolute atomic E-state index is 0.0145. The number of amides is 1. The van der Waals surface area contributed by atoms with E-state index in [1.807, 2.05) is 53.1 Å². The van der Waals surface area contributed by atoms with Gasteiger partial charge in [0.1, 0.15) is 6.33 Å². The van der Waals surface area contributed by atoms with Crippen LogP contribution in [-0.4, -0.2) is 33.0 Å². The lowest BCUT2D eigenvalue weighted by molar-refractivity contribution is -0.118. The molecule has 25 heavy (non-hydrogen) atoms. The van der Waals surface area contributed by atoms with Crippen molar-refractivity contribution in [2.45, 2.75) is 18.0 Å². The van der Waals surface area contributed by atoms with E-state index in [1.165, 1.54) is 17.3 Å². The van der Waals surface area contributed by atoms with Crippen LogP contribution >= 0.6 is 11.8 Å². The average Bonchev–Trinajstić information content (AvgIpc) is 3.14. The molecule has 0 aliphatic heterocycles. The third kappa shape index (κ3) is 5.19. The maximum atomic E-state index is 12.0. The zero-order valence-corrected chi connectivity index (χ0v) is 14.7. The molecule has 2 aromatic carbocycles. The maximum absolute atomic E-state index is 12.0. The predicted octanol–water partition coefficient (Wildman–Crippen LogP) is 3.11. The molecule has 0 saturated carbocycles. The lowest BCUT2D eigenvalue weighted by atomic mass is 10.1. The standard InChI is InChI=1S/C19H20N4OS/c24-18(20-13-7-10-16-8-3-1-4-9-16)14-25-19-22-21-15-23(19)17-11-5-2-6-12-17/h1-6,8-9,11-12,15H,7,10,13-14H2,(H,20,24). The summed E-state index contributed by atoms with van der Waals surface area (Å²) in [5.74, 6) is 0.345. The number of aryl methyl sites for hydroxylation is 1. The molecule has 0 radical (unpaired) electrons. The second-order valence-electron chi connectivity index (χ2n) is 5.55. The number of para-hydroxylation sites is 1. The number of carbonyl (C=O) groups excluding carboxylic acids is 1. The summed E-state index contributed by atoms with van der Waals surface area (Å²) in [6, 6.07) is 20.1. The van der Waals surface area contributed by atoms with Gasteiger partial charge in [-0.1, -0.05) is 60.3 Å². The van der Waals surface area contributed by atoms with Gasteiger partial charge >= 0.3 is 0 Å². The van der Waals surface area contributed by atoms with Crippen molar-refractivity contribution >= 4 is 17.7 Å². The van der Waals surface area contributed by atoms with Crippen LogP contribution in [0.4, 0.5) is 0 Å². The lowest BCUT2D eigenvalue weighted by Crippen LogP contribution is -2.26. The first kappa shape index (κ1) is 17.2. The predicted molar refractivity (Wildman–Crippen MR) is 99.9 cm³/mol. The first-order chi connectivity index (χ1) is 12.3. The van der Waals surface area contributed by atoms with Crippen LogP contribution in [0, 0.1) is 0 Å². The van der Waals surface area contributed by atoms with Crippen LogP contribution < -0.4 is 5.32 Å². The van der Waals surface area contributed by atoms with Gasteiger partial charge in [0.15, 0.2) is 5.16 Å². The molecule has 1 aromatic heterocycles. The van der Waals surface area contributed by atoms with Crippen molar-refractivity contribution in [3.05, 3.63) is 72.6 Å². The number of nitrogens with zero attached hydrogens (tertiary/aromatic N) is 3. The minimum Gasteiger partial charge on any atom is -0.355 e. The van der Waals surface area contributed by atoms with E-state index in [2.05, 4.69) is 27.6 Å². The summed E-state index contributed by atoms with van der Waals surface area (Å²) in [4.78, 5) is 12.0. The zero-order chi connectivity index (χ0) is 17.3. The highest BCUT2D eigenvalue weighted by molar-refractivity contribution is 7.99. The number of thioether (sulfide) groups is 1. The summed E-state index contributed by atoms with van der Waals surface area (Å²) in [6.07, 6.45) is 3.56. The highest BCUT2D eigenvalue weighted by Crippen LogP contribution is 2.18. The molecule has 0 atom stereocenters. The minimum atomic E-state index is 0.0145. The van der Waals surface area contributed by atoms with Crippen LogP contribution in [0.1, 0.15) is 12.0 Å². The molecule has 1 heterocycles. The number of rotatable bonds is 8. The van der Waals surface area contributed by atoms with E-state index in [0.717, 1.165) is 18.5 Å². The number of carbonyl (C=O) groups is 1.